The molecule has 0 N–H and O–H groups in total. The number of hydrogen-bond donors (Lipinski definition) is 0. The number of rotatable bonds is 4. The van der Waals surface area contributed by atoms with Crippen LogP contribution in [0.2, 0.25) is 0 Å². The van der Waals surface area contributed by atoms with E-state index in [0.29, 0.717) is 5.92 Å². The molecule has 1 saturated heterocycles. The van der Waals surface area contributed by atoms with Crippen molar-refractivity contribution in [2.45, 2.75) is 19.3 Å². The third-order valence-corrected chi connectivity index (χ3v) is 4.62. The van der Waals surface area contributed by atoms with Crippen molar-refractivity contribution in [3.8, 4) is 11.4 Å². The molecule has 0 amide bonds. The lowest BCUT2D eigenvalue weighted by atomic mass is 9.93. The van der Waals surface area contributed by atoms with Gasteiger partial charge < -0.3 is 9.47 Å². The molecule has 1 aliphatic rings. The Balaban J connectivity index is 1.48. The molecular weight excluding hydrogens is 314 g/mol. The number of nitrogens with zero attached hydrogens (tertiary/aromatic N) is 7. The summed E-state index contributed by atoms with van der Waals surface area (Å²) in [6, 6.07) is 1.85. The lowest BCUT2D eigenvalue weighted by molar-refractivity contribution is 0.406. The SMILES string of the molecule is Cn1cncc1-c1cncc(CC2CCCN(c3ncccn3)C2)n1. The van der Waals surface area contributed by atoms with Crippen LogP contribution in [0.15, 0.2) is 43.4 Å². The van der Waals surface area contributed by atoms with Gasteiger partial charge in [0.1, 0.15) is 5.69 Å². The highest BCUT2D eigenvalue weighted by molar-refractivity contribution is 5.52. The fourth-order valence-corrected chi connectivity index (χ4v) is 3.40. The third kappa shape index (κ3) is 3.50. The standard InChI is InChI=1S/C18H21N7/c1-24-13-20-11-17(24)16-10-19-9-15(23-16)8-14-4-2-7-25(12-14)18-21-5-3-6-22-18/h3,5-6,9-11,13-14H,2,4,7-8,12H2,1H3. The fourth-order valence-electron chi connectivity index (χ4n) is 3.40. The predicted octanol–water partition coefficient (Wildman–Crippen LogP) is 2.13. The van der Waals surface area contributed by atoms with E-state index in [9.17, 15) is 0 Å². The van der Waals surface area contributed by atoms with Crippen LogP contribution < -0.4 is 4.90 Å². The van der Waals surface area contributed by atoms with Crippen LogP contribution in [0.1, 0.15) is 18.5 Å². The molecule has 4 heterocycles. The molecular formula is C18H21N7. The van der Waals surface area contributed by atoms with Gasteiger partial charge in [-0.1, -0.05) is 0 Å². The van der Waals surface area contributed by atoms with Gasteiger partial charge in [-0.05, 0) is 31.2 Å². The van der Waals surface area contributed by atoms with Crippen LogP contribution in [0.3, 0.4) is 0 Å². The summed E-state index contributed by atoms with van der Waals surface area (Å²) in [4.78, 5) is 24.4. The zero-order valence-electron chi connectivity index (χ0n) is 14.3. The maximum Gasteiger partial charge on any atom is 0.225 e. The second kappa shape index (κ2) is 6.96. The first-order valence-corrected chi connectivity index (χ1v) is 8.59. The quantitative estimate of drug-likeness (QED) is 0.727. The highest BCUT2D eigenvalue weighted by atomic mass is 15.2. The molecule has 1 aliphatic heterocycles. The number of imidazole rings is 1. The molecule has 7 nitrogen and oxygen atoms in total. The van der Waals surface area contributed by atoms with E-state index in [1.165, 1.54) is 6.42 Å². The van der Waals surface area contributed by atoms with E-state index in [1.54, 1.807) is 24.9 Å². The molecule has 128 valence electrons. The summed E-state index contributed by atoms with van der Waals surface area (Å²) in [5, 5.41) is 0. The normalized spacial score (nSPS) is 17.6. The van der Waals surface area contributed by atoms with Crippen LogP contribution in [0.5, 0.6) is 0 Å². The zero-order chi connectivity index (χ0) is 17.1. The van der Waals surface area contributed by atoms with Crippen LogP contribution in [0, 0.1) is 5.92 Å². The molecule has 0 aromatic carbocycles. The fraction of sp³-hybridized carbons (Fsp3) is 0.389. The summed E-state index contributed by atoms with van der Waals surface area (Å²) in [5.74, 6) is 1.36. The second-order valence-electron chi connectivity index (χ2n) is 6.49. The molecule has 0 bridgehead atoms. The van der Waals surface area contributed by atoms with Crippen molar-refractivity contribution in [2.75, 3.05) is 18.0 Å². The molecule has 1 unspecified atom stereocenters. The molecule has 3 aromatic heterocycles. The van der Waals surface area contributed by atoms with Gasteiger partial charge in [0.2, 0.25) is 5.95 Å². The first kappa shape index (κ1) is 15.7. The maximum absolute atomic E-state index is 4.79. The van der Waals surface area contributed by atoms with E-state index < -0.39 is 0 Å². The van der Waals surface area contributed by atoms with Gasteiger partial charge in [0.25, 0.3) is 0 Å². The van der Waals surface area contributed by atoms with Crippen molar-refractivity contribution in [2.24, 2.45) is 13.0 Å². The van der Waals surface area contributed by atoms with Gasteiger partial charge in [-0.3, -0.25) is 4.98 Å². The Hall–Kier alpha value is -2.83. The second-order valence-corrected chi connectivity index (χ2v) is 6.49. The molecule has 1 fully saturated rings. The van der Waals surface area contributed by atoms with Gasteiger partial charge in [0.15, 0.2) is 0 Å². The molecule has 0 radical (unpaired) electrons. The first-order valence-electron chi connectivity index (χ1n) is 8.59. The third-order valence-electron chi connectivity index (χ3n) is 4.62. The van der Waals surface area contributed by atoms with Crippen LogP contribution >= 0.6 is 0 Å². The predicted molar refractivity (Wildman–Crippen MR) is 94.9 cm³/mol. The minimum atomic E-state index is 0.536. The average molecular weight is 335 g/mol. The lowest BCUT2D eigenvalue weighted by Crippen LogP contribution is -2.37. The minimum Gasteiger partial charge on any atom is -0.341 e. The Morgan fingerprint density at radius 3 is 2.80 bits per heavy atom. The van der Waals surface area contributed by atoms with E-state index >= 15 is 0 Å². The van der Waals surface area contributed by atoms with E-state index in [2.05, 4.69) is 24.8 Å². The van der Waals surface area contributed by atoms with Crippen molar-refractivity contribution in [1.82, 2.24) is 29.5 Å². The summed E-state index contributed by atoms with van der Waals surface area (Å²) in [6.07, 6.45) is 14.1. The Bertz CT molecular complexity index is 830. The number of hydrogen-bond acceptors (Lipinski definition) is 6. The van der Waals surface area contributed by atoms with Gasteiger partial charge in [-0.25, -0.2) is 19.9 Å². The summed E-state index contributed by atoms with van der Waals surface area (Å²) >= 11 is 0. The summed E-state index contributed by atoms with van der Waals surface area (Å²) < 4.78 is 1.96. The summed E-state index contributed by atoms with van der Waals surface area (Å²) in [7, 11) is 1.97. The Morgan fingerprint density at radius 1 is 1.12 bits per heavy atom. The Labute approximate surface area is 146 Å². The van der Waals surface area contributed by atoms with Crippen molar-refractivity contribution in [3.05, 3.63) is 49.1 Å². The number of anilines is 1. The molecule has 7 heteroatoms. The number of aryl methyl sites for hydroxylation is 1. The molecule has 1 atom stereocenters. The molecule has 4 rings (SSSR count). The van der Waals surface area contributed by atoms with Gasteiger partial charge >= 0.3 is 0 Å². The van der Waals surface area contributed by atoms with Crippen LogP contribution in [-0.4, -0.2) is 42.6 Å². The summed E-state index contributed by atoms with van der Waals surface area (Å²) in [5.41, 5.74) is 2.88. The van der Waals surface area contributed by atoms with E-state index in [-0.39, 0.29) is 0 Å². The highest BCUT2D eigenvalue weighted by Crippen LogP contribution is 2.23. The van der Waals surface area contributed by atoms with Crippen molar-refractivity contribution in [3.63, 3.8) is 0 Å². The van der Waals surface area contributed by atoms with Gasteiger partial charge in [-0.2, -0.15) is 0 Å². The number of aromatic nitrogens is 6. The maximum atomic E-state index is 4.79. The van der Waals surface area contributed by atoms with E-state index in [0.717, 1.165) is 49.0 Å². The number of piperidine rings is 1. The first-order chi connectivity index (χ1) is 12.3. The van der Waals surface area contributed by atoms with Crippen LogP contribution in [-0.2, 0) is 13.5 Å². The molecule has 0 aliphatic carbocycles. The summed E-state index contributed by atoms with van der Waals surface area (Å²) in [6.45, 7) is 1.98. The van der Waals surface area contributed by atoms with Crippen LogP contribution in [0.25, 0.3) is 11.4 Å². The lowest BCUT2D eigenvalue weighted by Gasteiger charge is -2.32. The van der Waals surface area contributed by atoms with Gasteiger partial charge in [-0.15, -0.1) is 0 Å². The minimum absolute atomic E-state index is 0.536. The van der Waals surface area contributed by atoms with Crippen molar-refractivity contribution < 1.29 is 0 Å². The van der Waals surface area contributed by atoms with Gasteiger partial charge in [0, 0.05) is 38.7 Å². The van der Waals surface area contributed by atoms with E-state index in [1.807, 2.05) is 30.1 Å². The highest BCUT2D eigenvalue weighted by Gasteiger charge is 2.22. The Morgan fingerprint density at radius 2 is 2.00 bits per heavy atom. The molecule has 0 saturated carbocycles. The molecule has 3 aromatic rings. The van der Waals surface area contributed by atoms with Crippen molar-refractivity contribution >= 4 is 5.95 Å². The van der Waals surface area contributed by atoms with E-state index in [4.69, 9.17) is 4.98 Å². The van der Waals surface area contributed by atoms with Crippen molar-refractivity contribution in [1.29, 1.82) is 0 Å². The van der Waals surface area contributed by atoms with Crippen LogP contribution in [0.4, 0.5) is 5.95 Å². The average Bonchev–Trinajstić information content (AvgIpc) is 3.09. The topological polar surface area (TPSA) is 72.6 Å². The molecule has 25 heavy (non-hydrogen) atoms. The molecule has 0 spiro atoms. The van der Waals surface area contributed by atoms with Gasteiger partial charge in [0.05, 0.1) is 30.1 Å². The monoisotopic (exact) mass is 335 g/mol. The smallest absolute Gasteiger partial charge is 0.225 e. The Kier molecular flexibility index (Phi) is 4.37. The largest absolute Gasteiger partial charge is 0.341 e. The zero-order valence-corrected chi connectivity index (χ0v) is 14.3.